The van der Waals surface area contributed by atoms with E-state index in [1.165, 1.54) is 29.4 Å². The highest BCUT2D eigenvalue weighted by Crippen LogP contribution is 2.41. The minimum atomic E-state index is -1.06. The van der Waals surface area contributed by atoms with Gasteiger partial charge < -0.3 is 14.4 Å². The van der Waals surface area contributed by atoms with Crippen LogP contribution in [0.2, 0.25) is 0 Å². The van der Waals surface area contributed by atoms with Crippen LogP contribution in [-0.2, 0) is 16.1 Å². The summed E-state index contributed by atoms with van der Waals surface area (Å²) in [5.41, 5.74) is 0.360. The van der Waals surface area contributed by atoms with Crippen LogP contribution in [0, 0.1) is 5.82 Å². The van der Waals surface area contributed by atoms with Crippen molar-refractivity contribution in [1.29, 1.82) is 0 Å². The summed E-state index contributed by atoms with van der Waals surface area (Å²) < 4.78 is 19.9. The number of carbonyl (C=O) groups excluding carboxylic acids is 2. The first kappa shape index (κ1) is 17.7. The maximum atomic E-state index is 14.6. The molecule has 2 heterocycles. The van der Waals surface area contributed by atoms with Gasteiger partial charge in [0.25, 0.3) is 11.7 Å². The van der Waals surface area contributed by atoms with Crippen molar-refractivity contribution in [2.75, 3.05) is 0 Å². The highest BCUT2D eigenvalue weighted by atomic mass is 19.1. The third-order valence-corrected chi connectivity index (χ3v) is 4.69. The van der Waals surface area contributed by atoms with E-state index in [4.69, 9.17) is 4.42 Å². The first-order valence-corrected chi connectivity index (χ1v) is 8.68. The summed E-state index contributed by atoms with van der Waals surface area (Å²) in [4.78, 5) is 26.7. The van der Waals surface area contributed by atoms with E-state index in [9.17, 15) is 19.1 Å². The Bertz CT molecular complexity index is 1060. The molecule has 0 aliphatic carbocycles. The lowest BCUT2D eigenvalue weighted by atomic mass is 9.95. The number of aliphatic hydroxyl groups excluding tert-OH is 1. The predicted octanol–water partition coefficient (Wildman–Crippen LogP) is 4.04. The topological polar surface area (TPSA) is 70.8 Å². The molecule has 1 unspecified atom stereocenters. The molecule has 1 aliphatic rings. The number of halogens is 1. The summed E-state index contributed by atoms with van der Waals surface area (Å²) >= 11 is 0. The third-order valence-electron chi connectivity index (χ3n) is 4.69. The monoisotopic (exact) mass is 377 g/mol. The van der Waals surface area contributed by atoms with Crippen LogP contribution in [0.15, 0.2) is 83.0 Å². The Morgan fingerprint density at radius 3 is 2.39 bits per heavy atom. The lowest BCUT2D eigenvalue weighted by Gasteiger charge is -2.24. The number of carbonyl (C=O) groups is 2. The highest BCUT2D eigenvalue weighted by Gasteiger charge is 2.47. The van der Waals surface area contributed by atoms with Crippen molar-refractivity contribution in [1.82, 2.24) is 4.90 Å². The maximum Gasteiger partial charge on any atom is 0.296 e. The standard InChI is InChI=1S/C22H16FNO4/c23-17-11-5-4-10-16(17)19-18(20(25)14-7-2-1-3-8-14)21(26)22(27)24(19)13-15-9-6-12-28-15/h1-12,19,25H,13H2/b20-18+. The molecule has 28 heavy (non-hydrogen) atoms. The number of furan rings is 1. The Kier molecular flexibility index (Phi) is 4.53. The zero-order valence-electron chi connectivity index (χ0n) is 14.7. The van der Waals surface area contributed by atoms with E-state index in [-0.39, 0.29) is 23.4 Å². The van der Waals surface area contributed by atoms with Crippen molar-refractivity contribution in [3.05, 3.63) is 101 Å². The van der Waals surface area contributed by atoms with Gasteiger partial charge in [-0.1, -0.05) is 48.5 Å². The van der Waals surface area contributed by atoms with Crippen LogP contribution in [0.5, 0.6) is 0 Å². The van der Waals surface area contributed by atoms with Crippen molar-refractivity contribution in [3.63, 3.8) is 0 Å². The molecule has 5 nitrogen and oxygen atoms in total. The van der Waals surface area contributed by atoms with Gasteiger partial charge in [0, 0.05) is 11.1 Å². The van der Waals surface area contributed by atoms with Crippen LogP contribution in [0.1, 0.15) is 22.9 Å². The second kappa shape index (κ2) is 7.15. The molecule has 1 fully saturated rings. The number of hydrogen-bond donors (Lipinski definition) is 1. The van der Waals surface area contributed by atoms with E-state index in [1.807, 2.05) is 0 Å². The van der Waals surface area contributed by atoms with E-state index in [0.29, 0.717) is 11.3 Å². The van der Waals surface area contributed by atoms with Crippen LogP contribution in [0.4, 0.5) is 4.39 Å². The number of amides is 1. The SMILES string of the molecule is O=C1C(=O)N(Cc2ccco2)C(c2ccccc2F)/C1=C(\O)c1ccccc1. The molecule has 6 heteroatoms. The molecule has 1 saturated heterocycles. The van der Waals surface area contributed by atoms with Gasteiger partial charge in [-0.2, -0.15) is 0 Å². The normalized spacial score (nSPS) is 18.6. The number of nitrogens with zero attached hydrogens (tertiary/aromatic N) is 1. The van der Waals surface area contributed by atoms with Crippen LogP contribution in [-0.4, -0.2) is 21.7 Å². The number of Topliss-reactive ketones (excluding diaryl/α,β-unsaturated/α-hetero) is 1. The number of hydrogen-bond acceptors (Lipinski definition) is 4. The minimum absolute atomic E-state index is 0.0257. The Labute approximate surface area is 160 Å². The maximum absolute atomic E-state index is 14.6. The van der Waals surface area contributed by atoms with Gasteiger partial charge in [-0.05, 0) is 18.2 Å². The van der Waals surface area contributed by atoms with Gasteiger partial charge in [-0.15, -0.1) is 0 Å². The van der Waals surface area contributed by atoms with E-state index in [0.717, 1.165) is 0 Å². The van der Waals surface area contributed by atoms with E-state index in [1.54, 1.807) is 48.5 Å². The van der Waals surface area contributed by atoms with Crippen molar-refractivity contribution in [2.45, 2.75) is 12.6 Å². The fourth-order valence-electron chi connectivity index (χ4n) is 3.39. The van der Waals surface area contributed by atoms with Gasteiger partial charge in [0.1, 0.15) is 17.3 Å². The minimum Gasteiger partial charge on any atom is -0.507 e. The lowest BCUT2D eigenvalue weighted by Crippen LogP contribution is -2.29. The summed E-state index contributed by atoms with van der Waals surface area (Å²) in [6, 6.07) is 16.6. The zero-order chi connectivity index (χ0) is 19.7. The first-order valence-electron chi connectivity index (χ1n) is 8.68. The number of likely N-dealkylation sites (tertiary alicyclic amines) is 1. The smallest absolute Gasteiger partial charge is 0.296 e. The number of aliphatic hydroxyl groups is 1. The van der Waals surface area contributed by atoms with Gasteiger partial charge >= 0.3 is 0 Å². The molecular formula is C22H16FNO4. The number of benzene rings is 2. The molecular weight excluding hydrogens is 361 g/mol. The third kappa shape index (κ3) is 2.99. The average molecular weight is 377 g/mol. The number of rotatable bonds is 4. The molecule has 4 rings (SSSR count). The molecule has 2 aromatic carbocycles. The second-order valence-corrected chi connectivity index (χ2v) is 6.39. The Balaban J connectivity index is 1.90. The average Bonchev–Trinajstić information content (AvgIpc) is 3.31. The highest BCUT2D eigenvalue weighted by molar-refractivity contribution is 6.46. The van der Waals surface area contributed by atoms with Crippen molar-refractivity contribution in [2.24, 2.45) is 0 Å². The summed E-state index contributed by atoms with van der Waals surface area (Å²) in [6.07, 6.45) is 1.45. The van der Waals surface area contributed by atoms with Gasteiger partial charge in [-0.25, -0.2) is 4.39 Å². The summed E-state index contributed by atoms with van der Waals surface area (Å²) in [7, 11) is 0. The Morgan fingerprint density at radius 2 is 1.71 bits per heavy atom. The fourth-order valence-corrected chi connectivity index (χ4v) is 3.39. The molecule has 0 spiro atoms. The van der Waals surface area contributed by atoms with Gasteiger partial charge in [0.05, 0.1) is 24.4 Å². The second-order valence-electron chi connectivity index (χ2n) is 6.39. The van der Waals surface area contributed by atoms with E-state index in [2.05, 4.69) is 0 Å². The van der Waals surface area contributed by atoms with Gasteiger partial charge in [0.15, 0.2) is 0 Å². The zero-order valence-corrected chi connectivity index (χ0v) is 14.7. The van der Waals surface area contributed by atoms with Crippen molar-refractivity contribution >= 4 is 17.4 Å². The molecule has 1 aliphatic heterocycles. The molecule has 0 bridgehead atoms. The van der Waals surface area contributed by atoms with Crippen LogP contribution < -0.4 is 0 Å². The van der Waals surface area contributed by atoms with Crippen molar-refractivity contribution < 1.29 is 23.5 Å². The molecule has 140 valence electrons. The summed E-state index contributed by atoms with van der Waals surface area (Å²) in [5, 5.41) is 10.8. The number of ketones is 1. The molecule has 1 N–H and O–H groups in total. The largest absolute Gasteiger partial charge is 0.507 e. The van der Waals surface area contributed by atoms with E-state index >= 15 is 0 Å². The molecule has 0 saturated carbocycles. The van der Waals surface area contributed by atoms with Crippen LogP contribution in [0.25, 0.3) is 5.76 Å². The fraction of sp³-hybridized carbons (Fsp3) is 0.0909. The molecule has 0 radical (unpaired) electrons. The first-order chi connectivity index (χ1) is 13.6. The van der Waals surface area contributed by atoms with Crippen LogP contribution in [0.3, 0.4) is 0 Å². The summed E-state index contributed by atoms with van der Waals surface area (Å²) in [6.45, 7) is -0.0257. The van der Waals surface area contributed by atoms with Crippen LogP contribution >= 0.6 is 0 Å². The molecule has 3 aromatic rings. The lowest BCUT2D eigenvalue weighted by molar-refractivity contribution is -0.140. The Morgan fingerprint density at radius 1 is 1.00 bits per heavy atom. The quantitative estimate of drug-likeness (QED) is 0.423. The van der Waals surface area contributed by atoms with Gasteiger partial charge in [0.2, 0.25) is 0 Å². The molecule has 1 atom stereocenters. The Hall–Kier alpha value is -3.67. The van der Waals surface area contributed by atoms with Crippen molar-refractivity contribution in [3.8, 4) is 0 Å². The molecule has 1 aromatic heterocycles. The van der Waals surface area contributed by atoms with Gasteiger partial charge in [-0.3, -0.25) is 9.59 Å². The summed E-state index contributed by atoms with van der Waals surface area (Å²) in [5.74, 6) is -2.14. The molecule has 1 amide bonds. The van der Waals surface area contributed by atoms with E-state index < -0.39 is 23.5 Å². The predicted molar refractivity (Wildman–Crippen MR) is 99.4 cm³/mol.